The first kappa shape index (κ1) is 18.4. The van der Waals surface area contributed by atoms with E-state index in [-0.39, 0.29) is 5.91 Å². The first-order valence-electron chi connectivity index (χ1n) is 8.62. The van der Waals surface area contributed by atoms with Gasteiger partial charge in [0.1, 0.15) is 6.04 Å². The molecule has 0 aliphatic carbocycles. The number of carbonyl (C=O) groups excluding carboxylic acids is 1. The number of carboxylic acid groups (broad SMARTS) is 1. The van der Waals surface area contributed by atoms with Gasteiger partial charge in [0.05, 0.1) is 6.54 Å². The van der Waals surface area contributed by atoms with E-state index < -0.39 is 12.0 Å². The van der Waals surface area contributed by atoms with Crippen LogP contribution < -0.4 is 5.32 Å². The summed E-state index contributed by atoms with van der Waals surface area (Å²) in [6.07, 6.45) is 1.48. The predicted octanol–water partition coefficient (Wildman–Crippen LogP) is 1.67. The number of rotatable bonds is 7. The molecule has 1 atom stereocenters. The van der Waals surface area contributed by atoms with E-state index in [9.17, 15) is 14.7 Å². The smallest absolute Gasteiger partial charge is 0.320 e. The van der Waals surface area contributed by atoms with Crippen molar-refractivity contribution in [2.75, 3.05) is 38.0 Å². The molecule has 1 aromatic carbocycles. The fraction of sp³-hybridized carbons (Fsp3) is 0.556. The first-order valence-corrected chi connectivity index (χ1v) is 8.62. The van der Waals surface area contributed by atoms with Gasteiger partial charge in [-0.25, -0.2) is 0 Å². The van der Waals surface area contributed by atoms with Crippen molar-refractivity contribution in [3.8, 4) is 0 Å². The van der Waals surface area contributed by atoms with Crippen molar-refractivity contribution in [1.82, 2.24) is 9.80 Å². The Kier molecular flexibility index (Phi) is 6.75. The average Bonchev–Trinajstić information content (AvgIpc) is 2.57. The maximum absolute atomic E-state index is 12.3. The van der Waals surface area contributed by atoms with Crippen molar-refractivity contribution < 1.29 is 14.7 Å². The van der Waals surface area contributed by atoms with E-state index >= 15 is 0 Å². The van der Waals surface area contributed by atoms with Gasteiger partial charge in [-0.15, -0.1) is 0 Å². The lowest BCUT2D eigenvalue weighted by Crippen LogP contribution is -2.53. The Morgan fingerprint density at radius 3 is 2.42 bits per heavy atom. The third-order valence-electron chi connectivity index (χ3n) is 4.56. The minimum absolute atomic E-state index is 0.0189. The zero-order valence-corrected chi connectivity index (χ0v) is 14.5. The van der Waals surface area contributed by atoms with Gasteiger partial charge in [0.25, 0.3) is 0 Å². The summed E-state index contributed by atoms with van der Waals surface area (Å²) in [5.41, 5.74) is 2.00. The zero-order valence-electron chi connectivity index (χ0n) is 14.5. The molecule has 1 aliphatic rings. The Balaban J connectivity index is 1.83. The number of anilines is 1. The Labute approximate surface area is 143 Å². The van der Waals surface area contributed by atoms with Crippen LogP contribution in [0.1, 0.15) is 25.8 Å². The molecule has 24 heavy (non-hydrogen) atoms. The number of hydrogen-bond acceptors (Lipinski definition) is 4. The van der Waals surface area contributed by atoms with E-state index in [4.69, 9.17) is 0 Å². The highest BCUT2D eigenvalue weighted by atomic mass is 16.4. The maximum atomic E-state index is 12.3. The highest BCUT2D eigenvalue weighted by Gasteiger charge is 2.27. The molecular formula is C18H27N3O3. The Hall–Kier alpha value is -1.92. The molecule has 2 rings (SSSR count). The summed E-state index contributed by atoms with van der Waals surface area (Å²) in [6.45, 7) is 7.10. The van der Waals surface area contributed by atoms with E-state index in [0.29, 0.717) is 39.1 Å². The summed E-state index contributed by atoms with van der Waals surface area (Å²) in [5, 5.41) is 12.2. The number of para-hydroxylation sites is 1. The summed E-state index contributed by atoms with van der Waals surface area (Å²) >= 11 is 0. The number of carboxylic acids is 1. The minimum Gasteiger partial charge on any atom is -0.480 e. The fourth-order valence-corrected chi connectivity index (χ4v) is 3.17. The Morgan fingerprint density at radius 2 is 1.83 bits per heavy atom. The number of amides is 1. The van der Waals surface area contributed by atoms with Crippen LogP contribution in [0.5, 0.6) is 0 Å². The van der Waals surface area contributed by atoms with Gasteiger partial charge in [-0.3, -0.25) is 19.4 Å². The van der Waals surface area contributed by atoms with Crippen LogP contribution in [0, 0.1) is 0 Å². The lowest BCUT2D eigenvalue weighted by atomic mass is 10.1. The minimum atomic E-state index is -0.764. The second-order valence-electron chi connectivity index (χ2n) is 6.13. The number of benzene rings is 1. The van der Waals surface area contributed by atoms with Crippen LogP contribution in [0.25, 0.3) is 0 Å². The van der Waals surface area contributed by atoms with E-state index in [1.165, 1.54) is 0 Å². The number of nitrogens with zero attached hydrogens (tertiary/aromatic N) is 2. The van der Waals surface area contributed by atoms with Crippen LogP contribution in [0.15, 0.2) is 24.3 Å². The average molecular weight is 333 g/mol. The Morgan fingerprint density at radius 1 is 1.17 bits per heavy atom. The van der Waals surface area contributed by atoms with Gasteiger partial charge in [0, 0.05) is 31.9 Å². The highest BCUT2D eigenvalue weighted by Crippen LogP contribution is 2.15. The van der Waals surface area contributed by atoms with Gasteiger partial charge in [0.15, 0.2) is 0 Å². The summed E-state index contributed by atoms with van der Waals surface area (Å²) in [4.78, 5) is 27.6. The van der Waals surface area contributed by atoms with Crippen LogP contribution >= 0.6 is 0 Å². The van der Waals surface area contributed by atoms with Crippen molar-refractivity contribution >= 4 is 17.6 Å². The number of nitrogens with one attached hydrogen (secondary N) is 1. The quantitative estimate of drug-likeness (QED) is 0.794. The van der Waals surface area contributed by atoms with Crippen LogP contribution in [-0.4, -0.2) is 65.5 Å². The van der Waals surface area contributed by atoms with Crippen molar-refractivity contribution in [1.29, 1.82) is 0 Å². The molecule has 0 spiro atoms. The molecule has 6 nitrogen and oxygen atoms in total. The van der Waals surface area contributed by atoms with Gasteiger partial charge >= 0.3 is 5.97 Å². The molecule has 6 heteroatoms. The van der Waals surface area contributed by atoms with Crippen LogP contribution in [0.4, 0.5) is 5.69 Å². The molecule has 2 N–H and O–H groups in total. The lowest BCUT2D eigenvalue weighted by molar-refractivity contribution is -0.144. The largest absolute Gasteiger partial charge is 0.480 e. The zero-order chi connectivity index (χ0) is 17.5. The number of aliphatic carboxylic acids is 1. The maximum Gasteiger partial charge on any atom is 0.320 e. The fourth-order valence-electron chi connectivity index (χ4n) is 3.17. The van der Waals surface area contributed by atoms with Crippen molar-refractivity contribution in [3.63, 3.8) is 0 Å². The Bertz CT molecular complexity index is 568. The third kappa shape index (κ3) is 4.79. The molecule has 1 aromatic rings. The van der Waals surface area contributed by atoms with E-state index in [1.54, 1.807) is 0 Å². The summed E-state index contributed by atoms with van der Waals surface area (Å²) in [5.74, 6) is -0.783. The molecule has 1 saturated heterocycles. The summed E-state index contributed by atoms with van der Waals surface area (Å²) < 4.78 is 0. The monoisotopic (exact) mass is 333 g/mol. The van der Waals surface area contributed by atoms with Crippen LogP contribution in [-0.2, 0) is 16.0 Å². The number of piperazine rings is 1. The second kappa shape index (κ2) is 8.80. The van der Waals surface area contributed by atoms with E-state index in [2.05, 4.69) is 17.1 Å². The predicted molar refractivity (Wildman–Crippen MR) is 94.2 cm³/mol. The van der Waals surface area contributed by atoms with Gasteiger partial charge < -0.3 is 10.4 Å². The van der Waals surface area contributed by atoms with E-state index in [0.717, 1.165) is 17.7 Å². The molecular weight excluding hydrogens is 306 g/mol. The number of aryl methyl sites for hydroxylation is 1. The number of carbonyl (C=O) groups is 2. The van der Waals surface area contributed by atoms with Crippen molar-refractivity contribution in [2.45, 2.75) is 32.7 Å². The van der Waals surface area contributed by atoms with Crippen molar-refractivity contribution in [2.24, 2.45) is 0 Å². The lowest BCUT2D eigenvalue weighted by Gasteiger charge is -2.37. The van der Waals surface area contributed by atoms with Gasteiger partial charge in [-0.1, -0.05) is 32.0 Å². The molecule has 0 saturated carbocycles. The van der Waals surface area contributed by atoms with Gasteiger partial charge in [-0.05, 0) is 24.5 Å². The van der Waals surface area contributed by atoms with Crippen LogP contribution in [0.3, 0.4) is 0 Å². The topological polar surface area (TPSA) is 72.9 Å². The highest BCUT2D eigenvalue weighted by molar-refractivity contribution is 5.93. The summed E-state index contributed by atoms with van der Waals surface area (Å²) in [7, 11) is 0. The SMILES string of the molecule is CCc1ccccc1NC(=O)CN1CCN(C(CC)C(=O)O)CC1. The first-order chi connectivity index (χ1) is 11.5. The standard InChI is InChI=1S/C18H27N3O3/c1-3-14-7-5-6-8-15(14)19-17(22)13-20-9-11-21(12-10-20)16(4-2)18(23)24/h5-8,16H,3-4,9-13H2,1-2H3,(H,19,22)(H,23,24). The van der Waals surface area contributed by atoms with Gasteiger partial charge in [-0.2, -0.15) is 0 Å². The molecule has 1 unspecified atom stereocenters. The van der Waals surface area contributed by atoms with E-state index in [1.807, 2.05) is 36.1 Å². The molecule has 0 aromatic heterocycles. The number of hydrogen-bond donors (Lipinski definition) is 2. The molecule has 1 aliphatic heterocycles. The molecule has 1 fully saturated rings. The third-order valence-corrected chi connectivity index (χ3v) is 4.56. The molecule has 132 valence electrons. The molecule has 1 heterocycles. The molecule has 0 bridgehead atoms. The molecule has 0 radical (unpaired) electrons. The normalized spacial score (nSPS) is 17.4. The van der Waals surface area contributed by atoms with Crippen LogP contribution in [0.2, 0.25) is 0 Å². The summed E-state index contributed by atoms with van der Waals surface area (Å²) in [6, 6.07) is 7.42. The van der Waals surface area contributed by atoms with Crippen molar-refractivity contribution in [3.05, 3.63) is 29.8 Å². The molecule has 1 amide bonds. The second-order valence-corrected chi connectivity index (χ2v) is 6.13. The van der Waals surface area contributed by atoms with Gasteiger partial charge in [0.2, 0.25) is 5.91 Å².